The Hall–Kier alpha value is -2.57. The molecule has 0 aromatic heterocycles. The summed E-state index contributed by atoms with van der Waals surface area (Å²) in [5.74, 6) is -1.17. The van der Waals surface area contributed by atoms with Crippen molar-refractivity contribution in [1.29, 1.82) is 0 Å². The summed E-state index contributed by atoms with van der Waals surface area (Å²) in [4.78, 5) is 13.5. The Kier molecular flexibility index (Phi) is 3.95. The summed E-state index contributed by atoms with van der Waals surface area (Å²) in [5.41, 5.74) is 5.69. The molecule has 7 heteroatoms. The van der Waals surface area contributed by atoms with Crippen LogP contribution < -0.4 is 10.6 Å². The summed E-state index contributed by atoms with van der Waals surface area (Å²) in [6.07, 6.45) is -4.30. The van der Waals surface area contributed by atoms with E-state index < -0.39 is 29.5 Å². The van der Waals surface area contributed by atoms with Crippen LogP contribution in [0.15, 0.2) is 42.5 Å². The first-order valence-electron chi connectivity index (χ1n) is 7.29. The van der Waals surface area contributed by atoms with Crippen molar-refractivity contribution in [2.45, 2.75) is 18.6 Å². The molecule has 0 aliphatic carbocycles. The molecule has 3 nitrogen and oxygen atoms in total. The van der Waals surface area contributed by atoms with Crippen LogP contribution in [0.1, 0.15) is 22.7 Å². The van der Waals surface area contributed by atoms with Crippen LogP contribution >= 0.6 is 0 Å². The van der Waals surface area contributed by atoms with Gasteiger partial charge in [-0.2, -0.15) is 13.2 Å². The fraction of sp³-hybridized carbons (Fsp3) is 0.235. The van der Waals surface area contributed by atoms with Crippen LogP contribution in [0.4, 0.5) is 23.2 Å². The Morgan fingerprint density at radius 1 is 1.12 bits per heavy atom. The van der Waals surface area contributed by atoms with Gasteiger partial charge >= 0.3 is 6.18 Å². The fourth-order valence-corrected chi connectivity index (χ4v) is 3.14. The number of amides is 1. The average molecular weight is 338 g/mol. The standard InChI is InChI=1S/C17H14F4N2O/c18-11-6-4-10(5-7-11)15(16(22)24)23-9-8-12-13(17(19,20)21)2-1-3-14(12)23/h1-7,15H,8-9H2,(H2,22,24)/t15-/m0/s1. The zero-order valence-electron chi connectivity index (χ0n) is 12.5. The summed E-state index contributed by atoms with van der Waals surface area (Å²) in [6, 6.07) is 8.13. The monoisotopic (exact) mass is 338 g/mol. The molecule has 0 saturated carbocycles. The van der Waals surface area contributed by atoms with Gasteiger partial charge in [-0.15, -0.1) is 0 Å². The highest BCUT2D eigenvalue weighted by molar-refractivity contribution is 5.86. The van der Waals surface area contributed by atoms with E-state index in [1.807, 2.05) is 0 Å². The first-order chi connectivity index (χ1) is 11.3. The minimum absolute atomic E-state index is 0.151. The minimum atomic E-state index is -4.46. The molecule has 1 heterocycles. The quantitative estimate of drug-likeness (QED) is 0.872. The number of primary amides is 1. The molecule has 2 N–H and O–H groups in total. The number of anilines is 1. The molecule has 0 bridgehead atoms. The second-order valence-electron chi connectivity index (χ2n) is 5.60. The SMILES string of the molecule is NC(=O)[C@H](c1ccc(F)cc1)N1CCc2c1cccc2C(F)(F)F. The number of hydrogen-bond donors (Lipinski definition) is 1. The van der Waals surface area contributed by atoms with Crippen molar-refractivity contribution in [3.63, 3.8) is 0 Å². The smallest absolute Gasteiger partial charge is 0.368 e. The molecule has 0 saturated heterocycles. The van der Waals surface area contributed by atoms with Crippen molar-refractivity contribution in [3.8, 4) is 0 Å². The van der Waals surface area contributed by atoms with Crippen molar-refractivity contribution >= 4 is 11.6 Å². The van der Waals surface area contributed by atoms with E-state index in [0.717, 1.165) is 6.07 Å². The number of benzene rings is 2. The van der Waals surface area contributed by atoms with Crippen molar-refractivity contribution in [2.75, 3.05) is 11.4 Å². The van der Waals surface area contributed by atoms with E-state index in [9.17, 15) is 22.4 Å². The summed E-state index contributed by atoms with van der Waals surface area (Å²) < 4.78 is 52.5. The first-order valence-corrected chi connectivity index (χ1v) is 7.29. The van der Waals surface area contributed by atoms with Crippen LogP contribution in [-0.2, 0) is 17.4 Å². The highest BCUT2D eigenvalue weighted by atomic mass is 19.4. The lowest BCUT2D eigenvalue weighted by atomic mass is 10.0. The molecule has 0 unspecified atom stereocenters. The maximum atomic E-state index is 13.1. The molecule has 0 fully saturated rings. The topological polar surface area (TPSA) is 46.3 Å². The van der Waals surface area contributed by atoms with Gasteiger partial charge < -0.3 is 10.6 Å². The Morgan fingerprint density at radius 3 is 2.38 bits per heavy atom. The molecule has 1 amide bonds. The number of rotatable bonds is 3. The fourth-order valence-electron chi connectivity index (χ4n) is 3.14. The number of alkyl halides is 3. The summed E-state index contributed by atoms with van der Waals surface area (Å²) in [6.45, 7) is 0.230. The van der Waals surface area contributed by atoms with Gasteiger partial charge in [-0.3, -0.25) is 4.79 Å². The number of fused-ring (bicyclic) bond motifs is 1. The Labute approximate surface area is 135 Å². The third kappa shape index (κ3) is 2.81. The molecule has 24 heavy (non-hydrogen) atoms. The van der Waals surface area contributed by atoms with E-state index in [0.29, 0.717) is 11.3 Å². The zero-order valence-corrected chi connectivity index (χ0v) is 12.5. The van der Waals surface area contributed by atoms with E-state index in [4.69, 9.17) is 5.73 Å². The van der Waals surface area contributed by atoms with E-state index in [2.05, 4.69) is 0 Å². The van der Waals surface area contributed by atoms with Gasteiger partial charge in [0, 0.05) is 12.2 Å². The summed E-state index contributed by atoms with van der Waals surface area (Å²) >= 11 is 0. The largest absolute Gasteiger partial charge is 0.416 e. The Bertz CT molecular complexity index is 771. The second-order valence-corrected chi connectivity index (χ2v) is 5.60. The van der Waals surface area contributed by atoms with Gasteiger partial charge in [0.15, 0.2) is 0 Å². The van der Waals surface area contributed by atoms with Crippen LogP contribution in [0.2, 0.25) is 0 Å². The van der Waals surface area contributed by atoms with Crippen molar-refractivity contribution in [2.24, 2.45) is 5.73 Å². The van der Waals surface area contributed by atoms with E-state index in [1.54, 1.807) is 4.90 Å². The summed E-state index contributed by atoms with van der Waals surface area (Å²) in [7, 11) is 0. The number of hydrogen-bond acceptors (Lipinski definition) is 2. The van der Waals surface area contributed by atoms with Crippen molar-refractivity contribution in [1.82, 2.24) is 0 Å². The van der Waals surface area contributed by atoms with Gasteiger partial charge in [0.05, 0.1) is 5.56 Å². The molecule has 1 atom stereocenters. The van der Waals surface area contributed by atoms with Gasteiger partial charge in [0.2, 0.25) is 5.91 Å². The van der Waals surface area contributed by atoms with E-state index in [-0.39, 0.29) is 18.5 Å². The van der Waals surface area contributed by atoms with Gasteiger partial charge in [-0.25, -0.2) is 4.39 Å². The van der Waals surface area contributed by atoms with Gasteiger partial charge in [0.25, 0.3) is 0 Å². The number of nitrogens with two attached hydrogens (primary N) is 1. The van der Waals surface area contributed by atoms with Crippen molar-refractivity contribution in [3.05, 3.63) is 65.0 Å². The maximum absolute atomic E-state index is 13.1. The number of carbonyl (C=O) groups excluding carboxylic acids is 1. The van der Waals surface area contributed by atoms with Gasteiger partial charge in [-0.1, -0.05) is 18.2 Å². The molecule has 2 aromatic carbocycles. The van der Waals surface area contributed by atoms with Crippen LogP contribution in [0.25, 0.3) is 0 Å². The molecule has 0 spiro atoms. The maximum Gasteiger partial charge on any atom is 0.416 e. The Morgan fingerprint density at radius 2 is 1.79 bits per heavy atom. The second kappa shape index (κ2) is 5.81. The number of carbonyl (C=O) groups is 1. The van der Waals surface area contributed by atoms with Crippen molar-refractivity contribution < 1.29 is 22.4 Å². The molecule has 1 aliphatic heterocycles. The predicted octanol–water partition coefficient (Wildman–Crippen LogP) is 3.43. The average Bonchev–Trinajstić information content (AvgIpc) is 2.92. The Balaban J connectivity index is 2.05. The van der Waals surface area contributed by atoms with E-state index in [1.165, 1.54) is 36.4 Å². The van der Waals surface area contributed by atoms with Crippen LogP contribution in [0.3, 0.4) is 0 Å². The minimum Gasteiger partial charge on any atom is -0.368 e. The zero-order chi connectivity index (χ0) is 17.5. The normalized spacial score (nSPS) is 15.2. The highest BCUT2D eigenvalue weighted by Crippen LogP contribution is 2.42. The lowest BCUT2D eigenvalue weighted by Gasteiger charge is -2.28. The highest BCUT2D eigenvalue weighted by Gasteiger charge is 2.39. The predicted molar refractivity (Wildman–Crippen MR) is 80.8 cm³/mol. The van der Waals surface area contributed by atoms with Crippen LogP contribution in [0, 0.1) is 5.82 Å². The number of nitrogens with zero attached hydrogens (tertiary/aromatic N) is 1. The molecular weight excluding hydrogens is 324 g/mol. The van der Waals surface area contributed by atoms with Gasteiger partial charge in [-0.05, 0) is 41.8 Å². The molecule has 2 aromatic rings. The third-order valence-electron chi connectivity index (χ3n) is 4.14. The van der Waals surface area contributed by atoms with Crippen LogP contribution in [-0.4, -0.2) is 12.5 Å². The van der Waals surface area contributed by atoms with E-state index >= 15 is 0 Å². The lowest BCUT2D eigenvalue weighted by molar-refractivity contribution is -0.138. The molecular formula is C17H14F4N2O. The molecule has 0 radical (unpaired) electrons. The third-order valence-corrected chi connectivity index (χ3v) is 4.14. The molecule has 3 rings (SSSR count). The van der Waals surface area contributed by atoms with Gasteiger partial charge in [0.1, 0.15) is 11.9 Å². The summed E-state index contributed by atoms with van der Waals surface area (Å²) in [5, 5.41) is 0. The molecule has 126 valence electrons. The molecule has 1 aliphatic rings. The van der Waals surface area contributed by atoms with Crippen LogP contribution in [0.5, 0.6) is 0 Å². The first kappa shape index (κ1) is 16.3. The lowest BCUT2D eigenvalue weighted by Crippen LogP contribution is -2.36. The number of halogens is 4.